The van der Waals surface area contributed by atoms with Gasteiger partial charge in [0, 0.05) is 6.54 Å². The molecule has 0 saturated carbocycles. The van der Waals surface area contributed by atoms with Gasteiger partial charge in [-0.2, -0.15) is 5.10 Å². The summed E-state index contributed by atoms with van der Waals surface area (Å²) in [5.74, 6) is -0.935. The van der Waals surface area contributed by atoms with Crippen LogP contribution >= 0.6 is 11.6 Å². The monoisotopic (exact) mass is 311 g/mol. The maximum absolute atomic E-state index is 11.4. The zero-order chi connectivity index (χ0) is 15.7. The molecule has 0 aliphatic heterocycles. The maximum atomic E-state index is 11.4. The minimum atomic E-state index is -0.809. The molecule has 1 rings (SSSR count). The molecule has 0 spiro atoms. The van der Waals surface area contributed by atoms with Crippen LogP contribution in [0, 0.1) is 0 Å². The number of hydrogen-bond donors (Lipinski definition) is 2. The molecule has 1 aromatic rings. The Balaban J connectivity index is 2.55. The molecule has 2 N–H and O–H groups in total. The summed E-state index contributed by atoms with van der Waals surface area (Å²) in [4.78, 5) is 22.6. The lowest BCUT2D eigenvalue weighted by atomic mass is 10.2. The highest BCUT2D eigenvalue weighted by Gasteiger charge is 2.10. The molecule has 7 heteroatoms. The van der Waals surface area contributed by atoms with Crippen molar-refractivity contribution in [2.75, 3.05) is 13.2 Å². The summed E-state index contributed by atoms with van der Waals surface area (Å²) < 4.78 is 5.30. The number of hydrogen-bond acceptors (Lipinski definition) is 4. The van der Waals surface area contributed by atoms with E-state index in [2.05, 4.69) is 15.8 Å². The van der Waals surface area contributed by atoms with Gasteiger partial charge in [-0.15, -0.1) is 0 Å². The molecule has 0 aliphatic carbocycles. The summed E-state index contributed by atoms with van der Waals surface area (Å²) in [5, 5.41) is 6.60. The Labute approximate surface area is 128 Å². The van der Waals surface area contributed by atoms with Gasteiger partial charge in [0.05, 0.1) is 17.8 Å². The van der Waals surface area contributed by atoms with Crippen molar-refractivity contribution in [2.24, 2.45) is 5.10 Å². The molecular formula is C14H18ClN3O3. The highest BCUT2D eigenvalue weighted by atomic mass is 35.5. The molecule has 0 unspecified atom stereocenters. The van der Waals surface area contributed by atoms with E-state index < -0.39 is 11.8 Å². The SMILES string of the molecule is CCCNC(=O)C(=O)N/N=C\c1ccc(OCC)c(Cl)c1. The number of benzene rings is 1. The predicted octanol–water partition coefficient (Wildman–Crippen LogP) is 1.72. The molecule has 1 aromatic carbocycles. The molecule has 0 bridgehead atoms. The third-order valence-electron chi connectivity index (χ3n) is 2.38. The lowest BCUT2D eigenvalue weighted by Gasteiger charge is -2.05. The first-order chi connectivity index (χ1) is 10.1. The second-order valence-electron chi connectivity index (χ2n) is 4.08. The van der Waals surface area contributed by atoms with Crippen LogP contribution in [0.1, 0.15) is 25.8 Å². The van der Waals surface area contributed by atoms with Crippen LogP contribution in [0.15, 0.2) is 23.3 Å². The van der Waals surface area contributed by atoms with Crippen molar-refractivity contribution in [3.63, 3.8) is 0 Å². The Bertz CT molecular complexity index is 532. The molecule has 0 atom stereocenters. The van der Waals surface area contributed by atoms with Crippen molar-refractivity contribution in [1.82, 2.24) is 10.7 Å². The summed E-state index contributed by atoms with van der Waals surface area (Å²) in [5.41, 5.74) is 2.82. The highest BCUT2D eigenvalue weighted by molar-refractivity contribution is 6.35. The number of ether oxygens (including phenoxy) is 1. The fourth-order valence-electron chi connectivity index (χ4n) is 1.40. The van der Waals surface area contributed by atoms with Crippen LogP contribution in [0.4, 0.5) is 0 Å². The molecule has 2 amide bonds. The van der Waals surface area contributed by atoms with Gasteiger partial charge < -0.3 is 10.1 Å². The van der Waals surface area contributed by atoms with Crippen LogP contribution in [0.2, 0.25) is 5.02 Å². The van der Waals surface area contributed by atoms with Crippen LogP contribution in [-0.2, 0) is 9.59 Å². The number of amides is 2. The average molecular weight is 312 g/mol. The van der Waals surface area contributed by atoms with Crippen LogP contribution in [0.5, 0.6) is 5.75 Å². The van der Waals surface area contributed by atoms with Gasteiger partial charge in [-0.25, -0.2) is 5.43 Å². The van der Waals surface area contributed by atoms with E-state index in [1.807, 2.05) is 13.8 Å². The predicted molar refractivity (Wildman–Crippen MR) is 81.7 cm³/mol. The fourth-order valence-corrected chi connectivity index (χ4v) is 1.65. The average Bonchev–Trinajstić information content (AvgIpc) is 2.47. The first-order valence-electron chi connectivity index (χ1n) is 6.62. The van der Waals surface area contributed by atoms with Gasteiger partial charge in [-0.1, -0.05) is 18.5 Å². The van der Waals surface area contributed by atoms with Crippen LogP contribution in [-0.4, -0.2) is 31.2 Å². The molecular weight excluding hydrogens is 294 g/mol. The Kier molecular flexibility index (Phi) is 7.25. The second kappa shape index (κ2) is 8.97. The minimum Gasteiger partial charge on any atom is -0.492 e. The standard InChI is InChI=1S/C14H18ClN3O3/c1-3-7-16-13(19)14(20)18-17-9-10-5-6-12(21-4-2)11(15)8-10/h5-6,8-9H,3-4,7H2,1-2H3,(H,16,19)(H,18,20)/b17-9-. The van der Waals surface area contributed by atoms with E-state index in [1.54, 1.807) is 18.2 Å². The molecule has 0 heterocycles. The largest absolute Gasteiger partial charge is 0.492 e. The van der Waals surface area contributed by atoms with E-state index >= 15 is 0 Å². The Hall–Kier alpha value is -2.08. The van der Waals surface area contributed by atoms with Crippen LogP contribution < -0.4 is 15.5 Å². The van der Waals surface area contributed by atoms with E-state index in [9.17, 15) is 9.59 Å². The highest BCUT2D eigenvalue weighted by Crippen LogP contribution is 2.24. The Morgan fingerprint density at radius 2 is 2.10 bits per heavy atom. The number of halogens is 1. The number of carbonyl (C=O) groups excluding carboxylic acids is 2. The summed E-state index contributed by atoms with van der Waals surface area (Å²) in [6, 6.07) is 5.10. The van der Waals surface area contributed by atoms with Crippen molar-refractivity contribution in [3.05, 3.63) is 28.8 Å². The Morgan fingerprint density at radius 1 is 1.33 bits per heavy atom. The summed E-state index contributed by atoms with van der Waals surface area (Å²) in [6.45, 7) is 4.73. The van der Waals surface area contributed by atoms with E-state index in [0.29, 0.717) is 29.5 Å². The van der Waals surface area contributed by atoms with Crippen molar-refractivity contribution < 1.29 is 14.3 Å². The molecule has 0 radical (unpaired) electrons. The normalized spacial score (nSPS) is 10.4. The molecule has 0 saturated heterocycles. The number of nitrogens with one attached hydrogen (secondary N) is 2. The van der Waals surface area contributed by atoms with Gasteiger partial charge in [0.15, 0.2) is 0 Å². The first-order valence-corrected chi connectivity index (χ1v) is 6.99. The van der Waals surface area contributed by atoms with Gasteiger partial charge in [0.25, 0.3) is 0 Å². The molecule has 0 aliphatic rings. The van der Waals surface area contributed by atoms with Crippen molar-refractivity contribution in [1.29, 1.82) is 0 Å². The summed E-state index contributed by atoms with van der Waals surface area (Å²) in [6.07, 6.45) is 2.15. The number of rotatable bonds is 6. The molecule has 114 valence electrons. The van der Waals surface area contributed by atoms with Crippen molar-refractivity contribution >= 4 is 29.6 Å². The molecule has 6 nitrogen and oxygen atoms in total. The summed E-state index contributed by atoms with van der Waals surface area (Å²) >= 11 is 6.02. The topological polar surface area (TPSA) is 79.8 Å². The third-order valence-corrected chi connectivity index (χ3v) is 2.67. The molecule has 21 heavy (non-hydrogen) atoms. The van der Waals surface area contributed by atoms with E-state index in [1.165, 1.54) is 6.21 Å². The molecule has 0 aromatic heterocycles. The van der Waals surface area contributed by atoms with Crippen LogP contribution in [0.25, 0.3) is 0 Å². The van der Waals surface area contributed by atoms with Crippen LogP contribution in [0.3, 0.4) is 0 Å². The number of carbonyl (C=O) groups is 2. The smallest absolute Gasteiger partial charge is 0.329 e. The fraction of sp³-hybridized carbons (Fsp3) is 0.357. The quantitative estimate of drug-likeness (QED) is 0.477. The van der Waals surface area contributed by atoms with Gasteiger partial charge >= 0.3 is 11.8 Å². The lowest BCUT2D eigenvalue weighted by Crippen LogP contribution is -2.38. The lowest BCUT2D eigenvalue weighted by molar-refractivity contribution is -0.139. The first kappa shape index (κ1) is 17.0. The van der Waals surface area contributed by atoms with E-state index in [-0.39, 0.29) is 0 Å². The van der Waals surface area contributed by atoms with Gasteiger partial charge in [0.1, 0.15) is 5.75 Å². The minimum absolute atomic E-state index is 0.449. The maximum Gasteiger partial charge on any atom is 0.329 e. The van der Waals surface area contributed by atoms with Gasteiger partial charge in [0.2, 0.25) is 0 Å². The van der Waals surface area contributed by atoms with Crippen molar-refractivity contribution in [2.45, 2.75) is 20.3 Å². The van der Waals surface area contributed by atoms with E-state index in [0.717, 1.165) is 6.42 Å². The number of hydrazone groups is 1. The molecule has 0 fully saturated rings. The third kappa shape index (κ3) is 5.83. The number of nitrogens with zero attached hydrogens (tertiary/aromatic N) is 1. The van der Waals surface area contributed by atoms with Gasteiger partial charge in [-0.05, 0) is 37.1 Å². The summed E-state index contributed by atoms with van der Waals surface area (Å²) in [7, 11) is 0. The van der Waals surface area contributed by atoms with E-state index in [4.69, 9.17) is 16.3 Å². The Morgan fingerprint density at radius 3 is 2.71 bits per heavy atom. The van der Waals surface area contributed by atoms with Crippen molar-refractivity contribution in [3.8, 4) is 5.75 Å². The zero-order valence-corrected chi connectivity index (χ0v) is 12.7. The zero-order valence-electron chi connectivity index (χ0n) is 12.0. The van der Waals surface area contributed by atoms with Gasteiger partial charge in [-0.3, -0.25) is 9.59 Å². The second-order valence-corrected chi connectivity index (χ2v) is 4.49.